The van der Waals surface area contributed by atoms with Gasteiger partial charge in [-0.15, -0.1) is 0 Å². The van der Waals surface area contributed by atoms with E-state index >= 15 is 0 Å². The Labute approximate surface area is 176 Å². The van der Waals surface area contributed by atoms with E-state index in [-0.39, 0.29) is 11.7 Å². The third-order valence-corrected chi connectivity index (χ3v) is 4.55. The lowest BCUT2D eigenvalue weighted by Gasteiger charge is -2.11. The Bertz CT molecular complexity index is 756. The molecule has 1 rings (SSSR count). The van der Waals surface area contributed by atoms with E-state index in [0.717, 1.165) is 49.1 Å². The average Bonchev–Trinajstić information content (AvgIpc) is 2.67. The summed E-state index contributed by atoms with van der Waals surface area (Å²) in [5, 5.41) is 6.25. The molecule has 0 bridgehead atoms. The molecule has 0 atom stereocenters. The van der Waals surface area contributed by atoms with Crippen LogP contribution in [0.15, 0.2) is 59.8 Å². The van der Waals surface area contributed by atoms with Gasteiger partial charge in [-0.2, -0.15) is 0 Å². The maximum Gasteiger partial charge on any atom is 0.251 e. The van der Waals surface area contributed by atoms with E-state index in [1.807, 2.05) is 37.3 Å². The van der Waals surface area contributed by atoms with Crippen LogP contribution in [0.5, 0.6) is 0 Å². The molecule has 0 heterocycles. The van der Waals surface area contributed by atoms with Crippen LogP contribution in [0.2, 0.25) is 0 Å². The molecule has 4 nitrogen and oxygen atoms in total. The molecule has 0 saturated heterocycles. The highest BCUT2D eigenvalue weighted by Crippen LogP contribution is 2.16. The molecule has 29 heavy (non-hydrogen) atoms. The van der Waals surface area contributed by atoms with Gasteiger partial charge < -0.3 is 15.4 Å². The van der Waals surface area contributed by atoms with Crippen molar-refractivity contribution in [2.24, 2.45) is 0 Å². The maximum atomic E-state index is 12.4. The second kappa shape index (κ2) is 13.5. The van der Waals surface area contributed by atoms with Gasteiger partial charge in [0.15, 0.2) is 0 Å². The number of hydrogen-bond acceptors (Lipinski definition) is 3. The molecule has 0 saturated carbocycles. The molecular weight excluding hydrogens is 360 g/mol. The minimum Gasteiger partial charge on any atom is -0.356 e. The number of rotatable bonds is 13. The van der Waals surface area contributed by atoms with Crippen LogP contribution in [0, 0.1) is 0 Å². The fourth-order valence-electron chi connectivity index (χ4n) is 2.74. The third-order valence-electron chi connectivity index (χ3n) is 4.55. The van der Waals surface area contributed by atoms with E-state index in [2.05, 4.69) is 37.1 Å². The number of unbranched alkanes of at least 4 members (excludes halogenated alkanes) is 4. The summed E-state index contributed by atoms with van der Waals surface area (Å²) in [4.78, 5) is 23.3. The summed E-state index contributed by atoms with van der Waals surface area (Å²) in [7, 11) is 0. The predicted octanol–water partition coefficient (Wildman–Crippen LogP) is 6.18. The Balaban J connectivity index is 2.42. The van der Waals surface area contributed by atoms with Crippen molar-refractivity contribution in [3.8, 4) is 0 Å². The zero-order valence-corrected chi connectivity index (χ0v) is 18.4. The van der Waals surface area contributed by atoms with Crippen LogP contribution < -0.4 is 10.6 Å². The zero-order chi connectivity index (χ0) is 21.6. The molecule has 0 aliphatic carbocycles. The number of carbonyl (C=O) groups is 2. The van der Waals surface area contributed by atoms with E-state index in [4.69, 9.17) is 0 Å². The number of amides is 1. The van der Waals surface area contributed by atoms with Gasteiger partial charge in [0.25, 0.3) is 5.91 Å². The predicted molar refractivity (Wildman–Crippen MR) is 123 cm³/mol. The average molecular weight is 397 g/mol. The number of carbonyl (C=O) groups excluding carboxylic acids is 2. The minimum atomic E-state index is -0.0624. The number of ketones is 1. The standard InChI is InChI=1S/C25H36N2O2/c1-19(2)15-16-20(3)22(5)27-24-14-11-13-23(18-24)25(29)26-17-10-8-6-7-9-12-21(4)28/h11,13-16,18,27H,5-10,12,17H2,1-4H3,(H,26,29)/b20-16+. The van der Waals surface area contributed by atoms with Gasteiger partial charge in [-0.1, -0.05) is 49.6 Å². The molecule has 0 fully saturated rings. The van der Waals surface area contributed by atoms with Crippen LogP contribution >= 0.6 is 0 Å². The Hall–Kier alpha value is -2.62. The SMILES string of the molecule is C=C(Nc1cccc(C(=O)NCCCCCCCC(C)=O)c1)/C(C)=C/C=C(C)C. The van der Waals surface area contributed by atoms with Crippen molar-refractivity contribution >= 4 is 17.4 Å². The van der Waals surface area contributed by atoms with Crippen molar-refractivity contribution in [2.75, 3.05) is 11.9 Å². The summed E-state index contributed by atoms with van der Waals surface area (Å²) >= 11 is 0. The second-order valence-electron chi connectivity index (χ2n) is 7.75. The highest BCUT2D eigenvalue weighted by Gasteiger charge is 2.06. The van der Waals surface area contributed by atoms with Crippen LogP contribution in [0.3, 0.4) is 0 Å². The Morgan fingerprint density at radius 2 is 1.66 bits per heavy atom. The first-order valence-corrected chi connectivity index (χ1v) is 10.5. The second-order valence-corrected chi connectivity index (χ2v) is 7.75. The minimum absolute atomic E-state index is 0.0624. The molecule has 4 heteroatoms. The van der Waals surface area contributed by atoms with Crippen molar-refractivity contribution < 1.29 is 9.59 Å². The summed E-state index contributed by atoms with van der Waals surface area (Å²) < 4.78 is 0. The summed E-state index contributed by atoms with van der Waals surface area (Å²) in [5.41, 5.74) is 4.56. The first-order valence-electron chi connectivity index (χ1n) is 10.5. The quantitative estimate of drug-likeness (QED) is 0.309. The fourth-order valence-corrected chi connectivity index (χ4v) is 2.74. The first-order chi connectivity index (χ1) is 13.8. The summed E-state index contributed by atoms with van der Waals surface area (Å²) in [6.07, 6.45) is 9.92. The lowest BCUT2D eigenvalue weighted by molar-refractivity contribution is -0.117. The largest absolute Gasteiger partial charge is 0.356 e. The highest BCUT2D eigenvalue weighted by atomic mass is 16.1. The van der Waals surface area contributed by atoms with Crippen LogP contribution in [0.25, 0.3) is 0 Å². The van der Waals surface area contributed by atoms with E-state index in [1.165, 1.54) is 5.57 Å². The van der Waals surface area contributed by atoms with Gasteiger partial charge in [0.05, 0.1) is 0 Å². The molecular formula is C25H36N2O2. The van der Waals surface area contributed by atoms with Crippen molar-refractivity contribution in [3.05, 3.63) is 65.4 Å². The number of allylic oxidation sites excluding steroid dienone is 4. The number of anilines is 1. The van der Waals surface area contributed by atoms with Crippen molar-refractivity contribution in [1.29, 1.82) is 0 Å². The van der Waals surface area contributed by atoms with Gasteiger partial charge in [0, 0.05) is 29.9 Å². The van der Waals surface area contributed by atoms with Gasteiger partial charge in [0.2, 0.25) is 0 Å². The molecule has 0 aliphatic heterocycles. The molecule has 0 aromatic heterocycles. The molecule has 0 unspecified atom stereocenters. The molecule has 0 spiro atoms. The molecule has 1 amide bonds. The van der Waals surface area contributed by atoms with Gasteiger partial charge >= 0.3 is 0 Å². The molecule has 1 aromatic carbocycles. The van der Waals surface area contributed by atoms with Crippen molar-refractivity contribution in [1.82, 2.24) is 5.32 Å². The normalized spacial score (nSPS) is 11.0. The number of Topliss-reactive ketones (excluding diaryl/α,β-unsaturated/α-hetero) is 1. The number of hydrogen-bond donors (Lipinski definition) is 2. The van der Waals surface area contributed by atoms with Gasteiger partial charge in [-0.3, -0.25) is 4.79 Å². The summed E-state index contributed by atoms with van der Waals surface area (Å²) in [6, 6.07) is 7.46. The summed E-state index contributed by atoms with van der Waals surface area (Å²) in [5.74, 6) is 0.198. The zero-order valence-electron chi connectivity index (χ0n) is 18.4. The number of benzene rings is 1. The highest BCUT2D eigenvalue weighted by molar-refractivity contribution is 5.95. The van der Waals surface area contributed by atoms with Crippen LogP contribution in [0.1, 0.15) is 76.6 Å². The van der Waals surface area contributed by atoms with Crippen LogP contribution in [-0.4, -0.2) is 18.2 Å². The third kappa shape index (κ3) is 11.1. The summed E-state index contributed by atoms with van der Waals surface area (Å²) in [6.45, 7) is 12.5. The lowest BCUT2D eigenvalue weighted by atomic mass is 10.1. The van der Waals surface area contributed by atoms with Gasteiger partial charge in [-0.25, -0.2) is 0 Å². The monoisotopic (exact) mass is 396 g/mol. The Morgan fingerprint density at radius 3 is 2.34 bits per heavy atom. The molecule has 2 N–H and O–H groups in total. The number of nitrogens with one attached hydrogen (secondary N) is 2. The lowest BCUT2D eigenvalue weighted by Crippen LogP contribution is -2.24. The Morgan fingerprint density at radius 1 is 0.966 bits per heavy atom. The van der Waals surface area contributed by atoms with Crippen molar-refractivity contribution in [3.63, 3.8) is 0 Å². The van der Waals surface area contributed by atoms with Crippen LogP contribution in [-0.2, 0) is 4.79 Å². The maximum absolute atomic E-state index is 12.4. The van der Waals surface area contributed by atoms with E-state index in [1.54, 1.807) is 6.92 Å². The van der Waals surface area contributed by atoms with Gasteiger partial charge in [0.1, 0.15) is 5.78 Å². The van der Waals surface area contributed by atoms with E-state index in [9.17, 15) is 9.59 Å². The van der Waals surface area contributed by atoms with E-state index in [0.29, 0.717) is 18.5 Å². The van der Waals surface area contributed by atoms with Gasteiger partial charge in [-0.05, 0) is 64.3 Å². The van der Waals surface area contributed by atoms with E-state index < -0.39 is 0 Å². The molecule has 158 valence electrons. The molecule has 1 aromatic rings. The smallest absolute Gasteiger partial charge is 0.251 e. The van der Waals surface area contributed by atoms with Crippen molar-refractivity contribution in [2.45, 2.75) is 66.2 Å². The Kier molecular flexibility index (Phi) is 11.4. The van der Waals surface area contributed by atoms with Crippen LogP contribution in [0.4, 0.5) is 5.69 Å². The molecule has 0 radical (unpaired) electrons. The fraction of sp³-hybridized carbons (Fsp3) is 0.440. The first kappa shape index (κ1) is 24.4. The molecule has 0 aliphatic rings. The topological polar surface area (TPSA) is 58.2 Å².